The zero-order chi connectivity index (χ0) is 18.4. The molecule has 0 aromatic heterocycles. The molecule has 0 radical (unpaired) electrons. The topological polar surface area (TPSA) is 58.6 Å². The van der Waals surface area contributed by atoms with Gasteiger partial charge in [-0.15, -0.1) is 6.58 Å². The van der Waals surface area contributed by atoms with Crippen molar-refractivity contribution >= 4 is 11.8 Å². The third kappa shape index (κ3) is 3.03. The molecule has 25 heavy (non-hydrogen) atoms. The first-order valence-corrected chi connectivity index (χ1v) is 8.68. The van der Waals surface area contributed by atoms with Crippen LogP contribution in [-0.4, -0.2) is 34.5 Å². The van der Waals surface area contributed by atoms with E-state index < -0.39 is 17.2 Å². The van der Waals surface area contributed by atoms with E-state index in [0.717, 1.165) is 11.3 Å². The highest BCUT2D eigenvalue weighted by atomic mass is 16.5. The van der Waals surface area contributed by atoms with Gasteiger partial charge in [0.15, 0.2) is 5.72 Å². The fraction of sp³-hybridized carbons (Fsp3) is 0.500. The number of fused-ring (bicyclic) bond motifs is 4. The average Bonchev–Trinajstić information content (AvgIpc) is 2.49. The third-order valence-corrected chi connectivity index (χ3v) is 4.84. The number of nitrogens with zero attached hydrogens (tertiary/aromatic N) is 1. The molecule has 0 saturated carbocycles. The first-order chi connectivity index (χ1) is 11.7. The summed E-state index contributed by atoms with van der Waals surface area (Å²) in [6.07, 6.45) is 2.26. The molecule has 1 saturated heterocycles. The number of ether oxygens (including phenoxy) is 1. The molecule has 1 fully saturated rings. The van der Waals surface area contributed by atoms with Crippen molar-refractivity contribution in [1.29, 1.82) is 0 Å². The fourth-order valence-electron chi connectivity index (χ4n) is 3.87. The maximum absolute atomic E-state index is 13.2. The molecule has 2 heterocycles. The smallest absolute Gasteiger partial charge is 0.239 e. The van der Waals surface area contributed by atoms with Crippen LogP contribution in [0.15, 0.2) is 36.9 Å². The van der Waals surface area contributed by atoms with Crippen LogP contribution in [0.1, 0.15) is 45.6 Å². The number of piperidine rings is 1. The molecule has 2 aliphatic rings. The zero-order valence-electron chi connectivity index (χ0n) is 15.3. The number of likely N-dealkylation sites (tertiary alicyclic amines) is 1. The molecule has 0 spiro atoms. The van der Waals surface area contributed by atoms with Crippen molar-refractivity contribution in [3.05, 3.63) is 42.5 Å². The predicted octanol–water partition coefficient (Wildman–Crippen LogP) is 2.83. The Balaban J connectivity index is 2.07. The van der Waals surface area contributed by atoms with Gasteiger partial charge in [0.25, 0.3) is 0 Å². The summed E-state index contributed by atoms with van der Waals surface area (Å²) in [6.45, 7) is 11.8. The van der Waals surface area contributed by atoms with Crippen molar-refractivity contribution in [3.63, 3.8) is 0 Å². The molecule has 3 rings (SSSR count). The molecule has 1 N–H and O–H groups in total. The number of benzene rings is 1. The molecule has 2 bridgehead atoms. The molecule has 134 valence electrons. The largest absolute Gasteiger partial charge is 0.468 e. The van der Waals surface area contributed by atoms with Crippen LogP contribution < -0.4 is 10.1 Å². The Hall–Kier alpha value is -2.30. The van der Waals surface area contributed by atoms with Crippen LogP contribution in [0.4, 0.5) is 0 Å². The molecular formula is C20H26N2O3. The molecule has 0 aliphatic carbocycles. The highest BCUT2D eigenvalue weighted by Crippen LogP contribution is 2.50. The first kappa shape index (κ1) is 17.5. The molecule has 2 amide bonds. The molecule has 1 aromatic rings. The second kappa shape index (κ2) is 5.90. The summed E-state index contributed by atoms with van der Waals surface area (Å²) >= 11 is 0. The van der Waals surface area contributed by atoms with Crippen LogP contribution in [0.5, 0.6) is 5.75 Å². The van der Waals surface area contributed by atoms with E-state index in [9.17, 15) is 9.59 Å². The summed E-state index contributed by atoms with van der Waals surface area (Å²) in [4.78, 5) is 27.8. The maximum Gasteiger partial charge on any atom is 0.239 e. The summed E-state index contributed by atoms with van der Waals surface area (Å²) in [6, 6.07) is 7.69. The lowest BCUT2D eigenvalue weighted by Crippen LogP contribution is -2.65. The van der Waals surface area contributed by atoms with E-state index in [0.29, 0.717) is 13.0 Å². The van der Waals surface area contributed by atoms with E-state index in [-0.39, 0.29) is 17.7 Å². The Morgan fingerprint density at radius 3 is 2.76 bits per heavy atom. The van der Waals surface area contributed by atoms with Crippen molar-refractivity contribution in [2.24, 2.45) is 5.92 Å². The van der Waals surface area contributed by atoms with Gasteiger partial charge < -0.3 is 15.0 Å². The standard InChI is InChI=1S/C20H26N2O3/c1-6-11-22-18(24)16(17(23)21-19(2,3)4)14-12-20(22,5)25-15-10-8-7-9-13(14)15/h6-10,14,16H,1,11-12H2,2-5H3,(H,21,23)/t14-,16-,20+/m1/s1. The van der Waals surface area contributed by atoms with Gasteiger partial charge in [-0.05, 0) is 39.3 Å². The second-order valence-corrected chi connectivity index (χ2v) is 8.08. The van der Waals surface area contributed by atoms with Gasteiger partial charge in [-0.3, -0.25) is 9.59 Å². The maximum atomic E-state index is 13.2. The number of carbonyl (C=O) groups is 2. The Bertz CT molecular complexity index is 722. The van der Waals surface area contributed by atoms with E-state index in [4.69, 9.17) is 4.74 Å². The lowest BCUT2D eigenvalue weighted by atomic mass is 9.73. The molecule has 2 aliphatic heterocycles. The normalized spacial score (nSPS) is 28.0. The van der Waals surface area contributed by atoms with E-state index in [1.807, 2.05) is 52.0 Å². The van der Waals surface area contributed by atoms with Gasteiger partial charge in [-0.25, -0.2) is 0 Å². The number of hydrogen-bond acceptors (Lipinski definition) is 3. The lowest BCUT2D eigenvalue weighted by molar-refractivity contribution is -0.174. The summed E-state index contributed by atoms with van der Waals surface area (Å²) in [5, 5.41) is 2.98. The zero-order valence-corrected chi connectivity index (χ0v) is 15.3. The minimum Gasteiger partial charge on any atom is -0.468 e. The highest BCUT2D eigenvalue weighted by molar-refractivity contribution is 6.02. The van der Waals surface area contributed by atoms with Crippen molar-refractivity contribution in [2.45, 2.75) is 51.3 Å². The molecule has 5 heteroatoms. The number of nitrogens with one attached hydrogen (secondary N) is 1. The molecule has 3 atom stereocenters. The lowest BCUT2D eigenvalue weighted by Gasteiger charge is -2.52. The van der Waals surface area contributed by atoms with Gasteiger partial charge in [0.05, 0.1) is 0 Å². The minimum absolute atomic E-state index is 0.189. The van der Waals surface area contributed by atoms with Crippen LogP contribution >= 0.6 is 0 Å². The van der Waals surface area contributed by atoms with E-state index in [1.165, 1.54) is 0 Å². The van der Waals surface area contributed by atoms with E-state index in [2.05, 4.69) is 11.9 Å². The van der Waals surface area contributed by atoms with E-state index in [1.54, 1.807) is 11.0 Å². The molecule has 1 aromatic carbocycles. The molecule has 0 unspecified atom stereocenters. The third-order valence-electron chi connectivity index (χ3n) is 4.84. The number of amides is 2. The Labute approximate surface area is 149 Å². The average molecular weight is 342 g/mol. The van der Waals surface area contributed by atoms with Gasteiger partial charge in [0, 0.05) is 24.4 Å². The van der Waals surface area contributed by atoms with Crippen LogP contribution in [0.25, 0.3) is 0 Å². The number of rotatable bonds is 3. The summed E-state index contributed by atoms with van der Waals surface area (Å²) in [7, 11) is 0. The second-order valence-electron chi connectivity index (χ2n) is 8.08. The van der Waals surface area contributed by atoms with Crippen LogP contribution in [0.2, 0.25) is 0 Å². The van der Waals surface area contributed by atoms with Gasteiger partial charge in [0.1, 0.15) is 11.7 Å². The quantitative estimate of drug-likeness (QED) is 0.679. The van der Waals surface area contributed by atoms with Crippen molar-refractivity contribution in [2.75, 3.05) is 6.54 Å². The fourth-order valence-corrected chi connectivity index (χ4v) is 3.87. The van der Waals surface area contributed by atoms with Crippen LogP contribution in [-0.2, 0) is 9.59 Å². The number of carbonyl (C=O) groups excluding carboxylic acids is 2. The Morgan fingerprint density at radius 2 is 2.12 bits per heavy atom. The number of para-hydroxylation sites is 1. The van der Waals surface area contributed by atoms with Gasteiger partial charge in [-0.1, -0.05) is 24.3 Å². The Kier molecular flexibility index (Phi) is 4.13. The van der Waals surface area contributed by atoms with Crippen molar-refractivity contribution < 1.29 is 14.3 Å². The summed E-state index contributed by atoms with van der Waals surface area (Å²) < 4.78 is 6.18. The summed E-state index contributed by atoms with van der Waals surface area (Å²) in [5.41, 5.74) is -0.227. The minimum atomic E-state index is -0.761. The number of hydrogen-bond donors (Lipinski definition) is 1. The van der Waals surface area contributed by atoms with Crippen LogP contribution in [0, 0.1) is 5.92 Å². The molecular weight excluding hydrogens is 316 g/mol. The van der Waals surface area contributed by atoms with Gasteiger partial charge in [-0.2, -0.15) is 0 Å². The predicted molar refractivity (Wildman–Crippen MR) is 96.1 cm³/mol. The van der Waals surface area contributed by atoms with Gasteiger partial charge >= 0.3 is 0 Å². The SMILES string of the molecule is C=CCN1C(=O)[C@@H](C(=O)NC(C)(C)C)[C@@H]2C[C@]1(C)Oc1ccccc12. The first-order valence-electron chi connectivity index (χ1n) is 8.68. The molecule has 5 nitrogen and oxygen atoms in total. The van der Waals surface area contributed by atoms with E-state index >= 15 is 0 Å². The van der Waals surface area contributed by atoms with Crippen molar-refractivity contribution in [1.82, 2.24) is 10.2 Å². The highest BCUT2D eigenvalue weighted by Gasteiger charge is 2.55. The monoisotopic (exact) mass is 342 g/mol. The Morgan fingerprint density at radius 1 is 1.44 bits per heavy atom. The van der Waals surface area contributed by atoms with Gasteiger partial charge in [0.2, 0.25) is 11.8 Å². The van der Waals surface area contributed by atoms with Crippen molar-refractivity contribution in [3.8, 4) is 5.75 Å². The van der Waals surface area contributed by atoms with Crippen LogP contribution in [0.3, 0.4) is 0 Å². The summed E-state index contributed by atoms with van der Waals surface area (Å²) in [5.74, 6) is -0.621.